The van der Waals surface area contributed by atoms with Crippen molar-refractivity contribution in [3.05, 3.63) is 35.9 Å². The maximum absolute atomic E-state index is 11.3. The number of carbonyl (C=O) groups is 2. The molecule has 0 fully saturated rings. The number of carbonyl (C=O) groups excluding carboxylic acids is 2. The van der Waals surface area contributed by atoms with Crippen LogP contribution in [0.2, 0.25) is 0 Å². The van der Waals surface area contributed by atoms with Gasteiger partial charge in [-0.15, -0.1) is 0 Å². The fraction of sp³-hybridized carbons (Fsp3) is 0.308. The molecule has 0 saturated carbocycles. The van der Waals surface area contributed by atoms with Crippen LogP contribution in [0.25, 0.3) is 0 Å². The van der Waals surface area contributed by atoms with Crippen molar-refractivity contribution >= 4 is 18.0 Å². The van der Waals surface area contributed by atoms with Crippen molar-refractivity contribution in [3.63, 3.8) is 0 Å². The van der Waals surface area contributed by atoms with E-state index in [1.165, 1.54) is 6.21 Å². The van der Waals surface area contributed by atoms with E-state index in [0.29, 0.717) is 19.6 Å². The van der Waals surface area contributed by atoms with E-state index in [1.807, 2.05) is 30.3 Å². The summed E-state index contributed by atoms with van der Waals surface area (Å²) in [5.41, 5.74) is 3.00. The number of hydrogen-bond donors (Lipinski definition) is 2. The molecule has 2 N–H and O–H groups in total. The number of ether oxygens (including phenoxy) is 1. The summed E-state index contributed by atoms with van der Waals surface area (Å²) in [7, 11) is 1.58. The van der Waals surface area contributed by atoms with Crippen molar-refractivity contribution in [1.29, 1.82) is 0 Å². The summed E-state index contributed by atoms with van der Waals surface area (Å²) in [6, 6.07) is 9.25. The molecular formula is C13H17N3O3. The maximum atomic E-state index is 11.3. The summed E-state index contributed by atoms with van der Waals surface area (Å²) < 4.78 is 4.82. The summed E-state index contributed by atoms with van der Waals surface area (Å²) in [6.45, 7) is 0.927. The standard InChI is InChI=1S/C13H17N3O3/c1-19-9-5-8-14-12(17)13(18)16-15-10-11-6-3-2-4-7-11/h2-4,6-7,10H,5,8-9H2,1H3,(H,14,17)(H,16,18)/b15-10-. The minimum absolute atomic E-state index is 0.391. The third-order valence-electron chi connectivity index (χ3n) is 2.20. The van der Waals surface area contributed by atoms with Crippen LogP contribution >= 0.6 is 0 Å². The average Bonchev–Trinajstić information content (AvgIpc) is 2.44. The summed E-state index contributed by atoms with van der Waals surface area (Å²) in [4.78, 5) is 22.6. The molecule has 0 spiro atoms. The Hall–Kier alpha value is -2.21. The van der Waals surface area contributed by atoms with E-state index >= 15 is 0 Å². The molecule has 0 heterocycles. The predicted octanol–water partition coefficient (Wildman–Crippen LogP) is 0.289. The first-order valence-electron chi connectivity index (χ1n) is 5.89. The lowest BCUT2D eigenvalue weighted by molar-refractivity contribution is -0.139. The Bertz CT molecular complexity index is 432. The van der Waals surface area contributed by atoms with Gasteiger partial charge in [0, 0.05) is 20.3 Å². The van der Waals surface area contributed by atoms with Gasteiger partial charge in [-0.25, -0.2) is 5.43 Å². The van der Waals surface area contributed by atoms with Gasteiger partial charge < -0.3 is 10.1 Å². The third-order valence-corrected chi connectivity index (χ3v) is 2.20. The van der Waals surface area contributed by atoms with E-state index in [0.717, 1.165) is 5.56 Å². The zero-order valence-corrected chi connectivity index (χ0v) is 10.8. The maximum Gasteiger partial charge on any atom is 0.329 e. The molecule has 1 aromatic rings. The first kappa shape index (κ1) is 14.8. The van der Waals surface area contributed by atoms with Gasteiger partial charge in [0.1, 0.15) is 0 Å². The molecule has 1 rings (SSSR count). The smallest absolute Gasteiger partial charge is 0.329 e. The number of benzene rings is 1. The molecule has 19 heavy (non-hydrogen) atoms. The van der Waals surface area contributed by atoms with Crippen molar-refractivity contribution < 1.29 is 14.3 Å². The van der Waals surface area contributed by atoms with Gasteiger partial charge in [0.15, 0.2) is 0 Å². The van der Waals surface area contributed by atoms with Crippen molar-refractivity contribution in [3.8, 4) is 0 Å². The number of rotatable bonds is 6. The van der Waals surface area contributed by atoms with Crippen LogP contribution in [0.5, 0.6) is 0 Å². The predicted molar refractivity (Wildman–Crippen MR) is 71.7 cm³/mol. The van der Waals surface area contributed by atoms with Crippen LogP contribution in [0.15, 0.2) is 35.4 Å². The lowest BCUT2D eigenvalue weighted by Gasteiger charge is -2.02. The van der Waals surface area contributed by atoms with Crippen LogP contribution in [-0.2, 0) is 14.3 Å². The Labute approximate surface area is 111 Å². The van der Waals surface area contributed by atoms with E-state index in [9.17, 15) is 9.59 Å². The molecule has 1 aromatic carbocycles. The second kappa shape index (κ2) is 8.82. The number of amides is 2. The third kappa shape index (κ3) is 6.32. The van der Waals surface area contributed by atoms with Crippen molar-refractivity contribution in [1.82, 2.24) is 10.7 Å². The van der Waals surface area contributed by atoms with Gasteiger partial charge in [0.2, 0.25) is 0 Å². The first-order valence-corrected chi connectivity index (χ1v) is 5.89. The zero-order valence-electron chi connectivity index (χ0n) is 10.8. The molecular weight excluding hydrogens is 246 g/mol. The summed E-state index contributed by atoms with van der Waals surface area (Å²) >= 11 is 0. The number of methoxy groups -OCH3 is 1. The molecule has 0 atom stereocenters. The highest BCUT2D eigenvalue weighted by Gasteiger charge is 2.10. The number of hydrazone groups is 1. The Morgan fingerprint density at radius 2 is 2.00 bits per heavy atom. The van der Waals surface area contributed by atoms with Gasteiger partial charge in [0.05, 0.1) is 6.21 Å². The van der Waals surface area contributed by atoms with Gasteiger partial charge in [-0.1, -0.05) is 30.3 Å². The zero-order chi connectivity index (χ0) is 13.9. The molecule has 2 amide bonds. The van der Waals surface area contributed by atoms with Crippen LogP contribution in [0, 0.1) is 0 Å². The Kier molecular flexibility index (Phi) is 6.89. The SMILES string of the molecule is COCCCNC(=O)C(=O)N/N=C\c1ccccc1. The van der Waals surface area contributed by atoms with Crippen LogP contribution in [0.4, 0.5) is 0 Å². The quantitative estimate of drug-likeness (QED) is 0.335. The molecule has 0 aliphatic heterocycles. The van der Waals surface area contributed by atoms with Crippen LogP contribution in [0.1, 0.15) is 12.0 Å². The monoisotopic (exact) mass is 263 g/mol. The molecule has 6 heteroatoms. The topological polar surface area (TPSA) is 79.8 Å². The van der Waals surface area contributed by atoms with Crippen molar-refractivity contribution in [2.75, 3.05) is 20.3 Å². The molecule has 102 valence electrons. The summed E-state index contributed by atoms with van der Waals surface area (Å²) in [5.74, 6) is -1.49. The largest absolute Gasteiger partial charge is 0.385 e. The highest BCUT2D eigenvalue weighted by molar-refractivity contribution is 6.35. The summed E-state index contributed by atoms with van der Waals surface area (Å²) in [5, 5.41) is 6.16. The Balaban J connectivity index is 2.27. The second-order valence-electron chi connectivity index (χ2n) is 3.71. The van der Waals surface area contributed by atoms with E-state index < -0.39 is 11.8 Å². The lowest BCUT2D eigenvalue weighted by atomic mass is 10.2. The highest BCUT2D eigenvalue weighted by Crippen LogP contribution is 1.92. The number of nitrogens with zero attached hydrogens (tertiary/aromatic N) is 1. The van der Waals surface area contributed by atoms with Crippen LogP contribution in [-0.4, -0.2) is 38.3 Å². The van der Waals surface area contributed by atoms with E-state index in [2.05, 4.69) is 15.8 Å². The molecule has 6 nitrogen and oxygen atoms in total. The number of nitrogens with one attached hydrogen (secondary N) is 2. The molecule has 0 aliphatic rings. The van der Waals surface area contributed by atoms with Crippen LogP contribution in [0.3, 0.4) is 0 Å². The van der Waals surface area contributed by atoms with Gasteiger partial charge in [-0.2, -0.15) is 5.10 Å². The lowest BCUT2D eigenvalue weighted by Crippen LogP contribution is -2.38. The van der Waals surface area contributed by atoms with Crippen molar-refractivity contribution in [2.24, 2.45) is 5.10 Å². The molecule has 0 radical (unpaired) electrons. The van der Waals surface area contributed by atoms with E-state index in [4.69, 9.17) is 4.74 Å². The highest BCUT2D eigenvalue weighted by atomic mass is 16.5. The number of hydrogen-bond acceptors (Lipinski definition) is 4. The minimum atomic E-state index is -0.787. The summed E-state index contributed by atoms with van der Waals surface area (Å²) in [6.07, 6.45) is 2.12. The normalized spacial score (nSPS) is 10.4. The first-order chi connectivity index (χ1) is 9.24. The van der Waals surface area contributed by atoms with E-state index in [-0.39, 0.29) is 0 Å². The molecule has 0 aliphatic carbocycles. The fourth-order valence-corrected chi connectivity index (χ4v) is 1.25. The molecule has 0 saturated heterocycles. The Morgan fingerprint density at radius 1 is 1.26 bits per heavy atom. The van der Waals surface area contributed by atoms with Crippen LogP contribution < -0.4 is 10.7 Å². The van der Waals surface area contributed by atoms with Crippen molar-refractivity contribution in [2.45, 2.75) is 6.42 Å². The molecule has 0 bridgehead atoms. The van der Waals surface area contributed by atoms with Gasteiger partial charge in [0.25, 0.3) is 0 Å². The molecule has 0 unspecified atom stereocenters. The fourth-order valence-electron chi connectivity index (χ4n) is 1.25. The van der Waals surface area contributed by atoms with Gasteiger partial charge >= 0.3 is 11.8 Å². The van der Waals surface area contributed by atoms with Gasteiger partial charge in [-0.3, -0.25) is 9.59 Å². The average molecular weight is 263 g/mol. The minimum Gasteiger partial charge on any atom is -0.385 e. The van der Waals surface area contributed by atoms with Gasteiger partial charge in [-0.05, 0) is 12.0 Å². The molecule has 0 aromatic heterocycles. The Morgan fingerprint density at radius 3 is 2.68 bits per heavy atom. The second-order valence-corrected chi connectivity index (χ2v) is 3.71. The van der Waals surface area contributed by atoms with E-state index in [1.54, 1.807) is 7.11 Å².